The molecule has 1 aromatic heterocycles. The number of nitrogens with two attached hydrogens (primary N) is 1. The topological polar surface area (TPSA) is 128 Å². The van der Waals surface area contributed by atoms with Crippen LogP contribution in [0.15, 0.2) is 84.2 Å². The van der Waals surface area contributed by atoms with Gasteiger partial charge in [-0.25, -0.2) is 4.98 Å². The van der Waals surface area contributed by atoms with Gasteiger partial charge in [0.2, 0.25) is 5.95 Å². The van der Waals surface area contributed by atoms with E-state index < -0.39 is 11.9 Å². The van der Waals surface area contributed by atoms with E-state index in [9.17, 15) is 9.18 Å². The van der Waals surface area contributed by atoms with E-state index in [4.69, 9.17) is 11.1 Å². The monoisotopic (exact) mass is 501 g/mol. The fourth-order valence-electron chi connectivity index (χ4n) is 4.32. The molecule has 1 saturated carbocycles. The van der Waals surface area contributed by atoms with Gasteiger partial charge in [-0.1, -0.05) is 48.5 Å². The van der Waals surface area contributed by atoms with Crippen molar-refractivity contribution in [1.29, 1.82) is 5.41 Å². The molecule has 1 heterocycles. The number of carbonyl (C=O) groups excluding carboxylic acids is 1. The molecule has 0 unspecified atom stereocenters. The molecule has 4 rings (SSSR count). The first-order chi connectivity index (χ1) is 17.9. The van der Waals surface area contributed by atoms with Crippen molar-refractivity contribution in [2.45, 2.75) is 37.9 Å². The summed E-state index contributed by atoms with van der Waals surface area (Å²) in [5.41, 5.74) is 9.41. The molecule has 0 radical (unpaired) electrons. The number of nitrogens with one attached hydrogen (secondary N) is 5. The van der Waals surface area contributed by atoms with Crippen LogP contribution in [0.3, 0.4) is 0 Å². The molecule has 37 heavy (non-hydrogen) atoms. The van der Waals surface area contributed by atoms with E-state index in [1.54, 1.807) is 12.1 Å². The molecule has 2 aromatic carbocycles. The SMILES string of the molecule is CNC(=O)/C(C(=N)N[C@H]1CCC[C@H]1N)=C(/NCc1ccc(-c2cccc(F)n2)cc1)Nc1ccccc1. The zero-order valence-electron chi connectivity index (χ0n) is 20.7. The zero-order chi connectivity index (χ0) is 26.2. The maximum Gasteiger partial charge on any atom is 0.258 e. The van der Waals surface area contributed by atoms with Crippen molar-refractivity contribution in [2.24, 2.45) is 5.73 Å². The van der Waals surface area contributed by atoms with Crippen LogP contribution in [0, 0.1) is 11.4 Å². The number of amides is 1. The third-order valence-electron chi connectivity index (χ3n) is 6.33. The molecule has 9 heteroatoms. The fraction of sp³-hybridized carbons (Fsp3) is 0.250. The lowest BCUT2D eigenvalue weighted by Crippen LogP contribution is -2.47. The van der Waals surface area contributed by atoms with Crippen LogP contribution in [0.5, 0.6) is 0 Å². The van der Waals surface area contributed by atoms with Gasteiger partial charge in [-0.3, -0.25) is 10.2 Å². The number of aromatic nitrogens is 1. The second kappa shape index (κ2) is 12.1. The molecule has 3 aromatic rings. The number of carbonyl (C=O) groups is 1. The Hall–Kier alpha value is -4.24. The third kappa shape index (κ3) is 6.71. The maximum atomic E-state index is 13.5. The van der Waals surface area contributed by atoms with E-state index in [0.29, 0.717) is 18.1 Å². The lowest BCUT2D eigenvalue weighted by Gasteiger charge is -2.23. The van der Waals surface area contributed by atoms with Crippen LogP contribution in [0.1, 0.15) is 24.8 Å². The molecule has 192 valence electrons. The number of amidine groups is 1. The average Bonchev–Trinajstić information content (AvgIpc) is 3.32. The highest BCUT2D eigenvalue weighted by atomic mass is 19.1. The highest BCUT2D eigenvalue weighted by molar-refractivity contribution is 6.20. The van der Waals surface area contributed by atoms with Crippen LogP contribution in [-0.2, 0) is 11.3 Å². The molecule has 0 aliphatic heterocycles. The van der Waals surface area contributed by atoms with Gasteiger partial charge >= 0.3 is 0 Å². The van der Waals surface area contributed by atoms with E-state index in [0.717, 1.165) is 36.1 Å². The van der Waals surface area contributed by atoms with Gasteiger partial charge in [-0.05, 0) is 49.1 Å². The van der Waals surface area contributed by atoms with Gasteiger partial charge in [0.15, 0.2) is 0 Å². The smallest absolute Gasteiger partial charge is 0.258 e. The molecule has 0 bridgehead atoms. The molecule has 1 fully saturated rings. The number of para-hydroxylation sites is 1. The summed E-state index contributed by atoms with van der Waals surface area (Å²) in [7, 11) is 1.54. The molecule has 2 atom stereocenters. The number of likely N-dealkylation sites (N-methyl/N-ethyl adjacent to an activating group) is 1. The molecule has 1 amide bonds. The molecule has 1 aliphatic carbocycles. The molecule has 0 saturated heterocycles. The first-order valence-corrected chi connectivity index (χ1v) is 12.3. The van der Waals surface area contributed by atoms with E-state index in [-0.39, 0.29) is 23.5 Å². The number of halogens is 1. The lowest BCUT2D eigenvalue weighted by atomic mass is 10.1. The van der Waals surface area contributed by atoms with E-state index in [1.165, 1.54) is 13.1 Å². The Labute approximate surface area is 216 Å². The molecule has 0 spiro atoms. The number of nitrogens with zero attached hydrogens (tertiary/aromatic N) is 1. The lowest BCUT2D eigenvalue weighted by molar-refractivity contribution is -0.116. The summed E-state index contributed by atoms with van der Waals surface area (Å²) < 4.78 is 13.5. The van der Waals surface area contributed by atoms with Crippen LogP contribution >= 0.6 is 0 Å². The molecular formula is C28H32FN7O. The standard InChI is InChI=1S/C28H32FN7O/c1-32-28(37)25(26(31)36-23-11-5-9-21(23)30)27(34-20-7-3-2-4-8-20)33-17-18-13-15-19(16-14-18)22-10-6-12-24(29)35-22/h2-4,6-8,10,12-16,21,23,33-34H,5,9,11,17,30H2,1H3,(H2,31,36)(H,32,37)/b27-25-/t21-,23+/m1/s1. The van der Waals surface area contributed by atoms with E-state index in [2.05, 4.69) is 26.3 Å². The van der Waals surface area contributed by atoms with E-state index >= 15 is 0 Å². The maximum absolute atomic E-state index is 13.5. The van der Waals surface area contributed by atoms with Gasteiger partial charge in [0.1, 0.15) is 17.2 Å². The average molecular weight is 502 g/mol. The predicted molar refractivity (Wildman–Crippen MR) is 144 cm³/mol. The predicted octanol–water partition coefficient (Wildman–Crippen LogP) is 3.49. The highest BCUT2D eigenvalue weighted by Gasteiger charge is 2.28. The van der Waals surface area contributed by atoms with Gasteiger partial charge in [0.05, 0.1) is 5.69 Å². The van der Waals surface area contributed by atoms with Crippen molar-refractivity contribution in [2.75, 3.05) is 12.4 Å². The Balaban J connectivity index is 1.59. The number of pyridine rings is 1. The number of hydrogen-bond acceptors (Lipinski definition) is 6. The molecule has 7 N–H and O–H groups in total. The third-order valence-corrected chi connectivity index (χ3v) is 6.33. The van der Waals surface area contributed by atoms with Crippen molar-refractivity contribution in [3.8, 4) is 11.3 Å². The van der Waals surface area contributed by atoms with E-state index in [1.807, 2.05) is 54.6 Å². The summed E-state index contributed by atoms with van der Waals surface area (Å²) in [5, 5.41) is 21.1. The Kier molecular flexibility index (Phi) is 8.48. The minimum atomic E-state index is -0.527. The van der Waals surface area contributed by atoms with Crippen LogP contribution in [-0.4, -0.2) is 35.9 Å². The Morgan fingerprint density at radius 2 is 1.81 bits per heavy atom. The minimum Gasteiger partial charge on any atom is -0.367 e. The van der Waals surface area contributed by atoms with Crippen molar-refractivity contribution < 1.29 is 9.18 Å². The summed E-state index contributed by atoms with van der Waals surface area (Å²) in [6.45, 7) is 0.378. The molecular weight excluding hydrogens is 469 g/mol. The normalized spacial score (nSPS) is 17.5. The number of hydrogen-bond donors (Lipinski definition) is 6. The molecule has 8 nitrogen and oxygen atoms in total. The van der Waals surface area contributed by atoms with Gasteiger partial charge in [0.25, 0.3) is 5.91 Å². The fourth-order valence-corrected chi connectivity index (χ4v) is 4.32. The summed E-state index contributed by atoms with van der Waals surface area (Å²) in [6, 6.07) is 21.6. The summed E-state index contributed by atoms with van der Waals surface area (Å²) in [6.07, 6.45) is 2.73. The van der Waals surface area contributed by atoms with Crippen molar-refractivity contribution in [3.63, 3.8) is 0 Å². The largest absolute Gasteiger partial charge is 0.367 e. The summed E-state index contributed by atoms with van der Waals surface area (Å²) in [5.74, 6) is -0.533. The highest BCUT2D eigenvalue weighted by Crippen LogP contribution is 2.20. The first-order valence-electron chi connectivity index (χ1n) is 12.3. The van der Waals surface area contributed by atoms with Gasteiger partial charge in [0, 0.05) is 36.9 Å². The quantitative estimate of drug-likeness (QED) is 0.115. The van der Waals surface area contributed by atoms with Crippen molar-refractivity contribution in [3.05, 3.63) is 95.7 Å². The summed E-state index contributed by atoms with van der Waals surface area (Å²) >= 11 is 0. The van der Waals surface area contributed by atoms with Gasteiger partial charge in [-0.2, -0.15) is 4.39 Å². The number of anilines is 1. The Morgan fingerprint density at radius 1 is 1.05 bits per heavy atom. The number of benzene rings is 2. The molecule has 1 aliphatic rings. The van der Waals surface area contributed by atoms with Crippen LogP contribution in [0.2, 0.25) is 0 Å². The Bertz CT molecular complexity index is 1260. The second-order valence-electron chi connectivity index (χ2n) is 8.94. The van der Waals surface area contributed by atoms with Crippen LogP contribution in [0.4, 0.5) is 10.1 Å². The Morgan fingerprint density at radius 3 is 2.46 bits per heavy atom. The summed E-state index contributed by atoms with van der Waals surface area (Å²) in [4.78, 5) is 16.9. The van der Waals surface area contributed by atoms with Crippen molar-refractivity contribution >= 4 is 17.4 Å². The van der Waals surface area contributed by atoms with Crippen LogP contribution < -0.4 is 27.0 Å². The minimum absolute atomic E-state index is 0.000146. The first kappa shape index (κ1) is 25.8. The zero-order valence-corrected chi connectivity index (χ0v) is 20.7. The second-order valence-corrected chi connectivity index (χ2v) is 8.94. The number of rotatable bonds is 9. The van der Waals surface area contributed by atoms with Crippen LogP contribution in [0.25, 0.3) is 11.3 Å². The van der Waals surface area contributed by atoms with Gasteiger partial charge < -0.3 is 27.0 Å². The van der Waals surface area contributed by atoms with Gasteiger partial charge in [-0.15, -0.1) is 0 Å². The van der Waals surface area contributed by atoms with Crippen molar-refractivity contribution in [1.82, 2.24) is 20.9 Å².